The standard InChI is InChI=1S/C20H22FN3O2/c1-14-5-4-9-24-18(13-23-20(14)24)17(12-19(25)22-8-10-26-2)15-6-3-7-16(21)11-15/h3-7,9,11,13,17H,8,10,12H2,1-2H3,(H,22,25)/t17-/m0/s1. The molecule has 1 aromatic carbocycles. The van der Waals surface area contributed by atoms with Gasteiger partial charge in [0.2, 0.25) is 5.91 Å². The maximum absolute atomic E-state index is 13.8. The number of fused-ring (bicyclic) bond motifs is 1. The first-order chi connectivity index (χ1) is 12.6. The lowest BCUT2D eigenvalue weighted by Gasteiger charge is -2.17. The molecule has 3 aromatic rings. The number of aromatic nitrogens is 2. The maximum Gasteiger partial charge on any atom is 0.221 e. The molecule has 0 radical (unpaired) electrons. The summed E-state index contributed by atoms with van der Waals surface area (Å²) < 4.78 is 20.7. The molecule has 0 fully saturated rings. The molecule has 2 heterocycles. The number of nitrogens with one attached hydrogen (secondary N) is 1. The van der Waals surface area contributed by atoms with Gasteiger partial charge in [-0.2, -0.15) is 0 Å². The van der Waals surface area contributed by atoms with E-state index >= 15 is 0 Å². The van der Waals surface area contributed by atoms with Crippen molar-refractivity contribution in [2.24, 2.45) is 0 Å². The Labute approximate surface area is 151 Å². The Bertz CT molecular complexity index is 907. The Balaban J connectivity index is 1.97. The number of nitrogens with zero attached hydrogens (tertiary/aromatic N) is 2. The molecule has 3 rings (SSSR count). The topological polar surface area (TPSA) is 55.6 Å². The Hall–Kier alpha value is -2.73. The number of aryl methyl sites for hydroxylation is 1. The monoisotopic (exact) mass is 355 g/mol. The number of benzene rings is 1. The number of carbonyl (C=O) groups excluding carboxylic acids is 1. The number of methoxy groups -OCH3 is 1. The third kappa shape index (κ3) is 3.91. The van der Waals surface area contributed by atoms with Crippen LogP contribution in [0.1, 0.15) is 29.2 Å². The molecule has 0 aliphatic heterocycles. The summed E-state index contributed by atoms with van der Waals surface area (Å²) in [4.78, 5) is 16.9. The minimum Gasteiger partial charge on any atom is -0.383 e. The van der Waals surface area contributed by atoms with Crippen molar-refractivity contribution in [2.75, 3.05) is 20.3 Å². The van der Waals surface area contributed by atoms with E-state index in [2.05, 4.69) is 10.3 Å². The normalized spacial score (nSPS) is 12.3. The van der Waals surface area contributed by atoms with Crippen molar-refractivity contribution in [3.8, 4) is 0 Å². The number of hydrogen-bond acceptors (Lipinski definition) is 3. The van der Waals surface area contributed by atoms with Crippen molar-refractivity contribution in [2.45, 2.75) is 19.3 Å². The molecule has 26 heavy (non-hydrogen) atoms. The van der Waals surface area contributed by atoms with E-state index in [1.54, 1.807) is 19.4 Å². The summed E-state index contributed by atoms with van der Waals surface area (Å²) in [7, 11) is 1.59. The van der Waals surface area contributed by atoms with E-state index in [-0.39, 0.29) is 24.1 Å². The van der Waals surface area contributed by atoms with Crippen LogP contribution in [0.5, 0.6) is 0 Å². The van der Waals surface area contributed by atoms with Gasteiger partial charge >= 0.3 is 0 Å². The molecule has 6 heteroatoms. The number of imidazole rings is 1. The van der Waals surface area contributed by atoms with Crippen LogP contribution >= 0.6 is 0 Å². The summed E-state index contributed by atoms with van der Waals surface area (Å²) in [6, 6.07) is 10.3. The molecule has 2 aromatic heterocycles. The van der Waals surface area contributed by atoms with Crippen molar-refractivity contribution in [3.63, 3.8) is 0 Å². The number of ether oxygens (including phenoxy) is 1. The molecule has 0 saturated heterocycles. The fourth-order valence-corrected chi connectivity index (χ4v) is 3.09. The van der Waals surface area contributed by atoms with Gasteiger partial charge in [-0.25, -0.2) is 9.37 Å². The van der Waals surface area contributed by atoms with E-state index in [0.717, 1.165) is 22.5 Å². The number of hydrogen-bond donors (Lipinski definition) is 1. The predicted octanol–water partition coefficient (Wildman–Crippen LogP) is 3.07. The van der Waals surface area contributed by atoms with Gasteiger partial charge in [-0.3, -0.25) is 4.79 Å². The second kappa shape index (κ2) is 8.10. The van der Waals surface area contributed by atoms with Crippen molar-refractivity contribution in [1.82, 2.24) is 14.7 Å². The van der Waals surface area contributed by atoms with Crippen molar-refractivity contribution in [3.05, 3.63) is 71.4 Å². The molecule has 136 valence electrons. The van der Waals surface area contributed by atoms with Crippen LogP contribution in [-0.4, -0.2) is 35.6 Å². The van der Waals surface area contributed by atoms with E-state index in [1.165, 1.54) is 12.1 Å². The molecule has 0 aliphatic carbocycles. The zero-order valence-electron chi connectivity index (χ0n) is 14.9. The molecule has 0 unspecified atom stereocenters. The van der Waals surface area contributed by atoms with Gasteiger partial charge in [0.25, 0.3) is 0 Å². The number of amides is 1. The average molecular weight is 355 g/mol. The Morgan fingerprint density at radius 2 is 2.19 bits per heavy atom. The van der Waals surface area contributed by atoms with Crippen LogP contribution < -0.4 is 5.32 Å². The molecule has 5 nitrogen and oxygen atoms in total. The highest BCUT2D eigenvalue weighted by Crippen LogP contribution is 2.29. The lowest BCUT2D eigenvalue weighted by atomic mass is 9.92. The van der Waals surface area contributed by atoms with E-state index in [1.807, 2.05) is 35.7 Å². The second-order valence-corrected chi connectivity index (χ2v) is 6.22. The highest BCUT2D eigenvalue weighted by molar-refractivity contribution is 5.77. The fraction of sp³-hybridized carbons (Fsp3) is 0.300. The first-order valence-corrected chi connectivity index (χ1v) is 8.54. The first-order valence-electron chi connectivity index (χ1n) is 8.54. The summed E-state index contributed by atoms with van der Waals surface area (Å²) >= 11 is 0. The van der Waals surface area contributed by atoms with E-state index in [4.69, 9.17) is 4.74 Å². The summed E-state index contributed by atoms with van der Waals surface area (Å²) in [6.07, 6.45) is 3.88. The predicted molar refractivity (Wildman–Crippen MR) is 97.7 cm³/mol. The molecule has 1 atom stereocenters. The lowest BCUT2D eigenvalue weighted by Crippen LogP contribution is -2.28. The molecule has 0 aliphatic rings. The third-order valence-electron chi connectivity index (χ3n) is 4.39. The Morgan fingerprint density at radius 3 is 2.96 bits per heavy atom. The minimum absolute atomic E-state index is 0.112. The molecule has 1 N–H and O–H groups in total. The zero-order valence-corrected chi connectivity index (χ0v) is 14.9. The van der Waals surface area contributed by atoms with Crippen molar-refractivity contribution in [1.29, 1.82) is 0 Å². The summed E-state index contributed by atoms with van der Waals surface area (Å²) in [5, 5.41) is 2.83. The molecule has 0 saturated carbocycles. The van der Waals surface area contributed by atoms with Gasteiger partial charge in [-0.05, 0) is 36.2 Å². The van der Waals surface area contributed by atoms with Gasteiger partial charge < -0.3 is 14.5 Å². The number of halogens is 1. The molecular weight excluding hydrogens is 333 g/mol. The Kier molecular flexibility index (Phi) is 5.63. The first kappa shape index (κ1) is 18.1. The fourth-order valence-electron chi connectivity index (χ4n) is 3.09. The summed E-state index contributed by atoms with van der Waals surface area (Å²) in [6.45, 7) is 2.88. The van der Waals surface area contributed by atoms with Gasteiger partial charge in [0.15, 0.2) is 0 Å². The van der Waals surface area contributed by atoms with Gasteiger partial charge in [0.05, 0.1) is 12.3 Å². The van der Waals surface area contributed by atoms with Gasteiger partial charge in [0.1, 0.15) is 11.5 Å². The molecule has 1 amide bonds. The van der Waals surface area contributed by atoms with E-state index in [9.17, 15) is 9.18 Å². The van der Waals surface area contributed by atoms with Crippen LogP contribution in [0.25, 0.3) is 5.65 Å². The zero-order chi connectivity index (χ0) is 18.5. The van der Waals surface area contributed by atoms with Gasteiger partial charge in [0, 0.05) is 38.4 Å². The number of rotatable bonds is 7. The van der Waals surface area contributed by atoms with E-state index in [0.29, 0.717) is 13.2 Å². The molecule has 0 bridgehead atoms. The maximum atomic E-state index is 13.8. The van der Waals surface area contributed by atoms with Gasteiger partial charge in [-0.1, -0.05) is 18.2 Å². The largest absolute Gasteiger partial charge is 0.383 e. The minimum atomic E-state index is -0.322. The smallest absolute Gasteiger partial charge is 0.221 e. The average Bonchev–Trinajstić information content (AvgIpc) is 3.05. The van der Waals surface area contributed by atoms with Crippen LogP contribution in [0.4, 0.5) is 4.39 Å². The lowest BCUT2D eigenvalue weighted by molar-refractivity contribution is -0.121. The van der Waals surface area contributed by atoms with Crippen molar-refractivity contribution >= 4 is 11.6 Å². The van der Waals surface area contributed by atoms with Crippen molar-refractivity contribution < 1.29 is 13.9 Å². The highest BCUT2D eigenvalue weighted by atomic mass is 19.1. The number of pyridine rings is 1. The highest BCUT2D eigenvalue weighted by Gasteiger charge is 2.22. The molecule has 0 spiro atoms. The van der Waals surface area contributed by atoms with Crippen LogP contribution in [0.15, 0.2) is 48.8 Å². The van der Waals surface area contributed by atoms with E-state index < -0.39 is 0 Å². The quantitative estimate of drug-likeness (QED) is 0.663. The van der Waals surface area contributed by atoms with Crippen LogP contribution in [0.2, 0.25) is 0 Å². The summed E-state index contributed by atoms with van der Waals surface area (Å²) in [5.74, 6) is -0.735. The van der Waals surface area contributed by atoms with Gasteiger partial charge in [-0.15, -0.1) is 0 Å². The molecular formula is C20H22FN3O2. The summed E-state index contributed by atoms with van der Waals surface area (Å²) in [5.41, 5.74) is 3.48. The number of carbonyl (C=O) groups is 1. The SMILES string of the molecule is COCCNC(=O)C[C@@H](c1cccc(F)c1)c1cnc2c(C)cccn12. The van der Waals surface area contributed by atoms with Crippen LogP contribution in [0, 0.1) is 12.7 Å². The Morgan fingerprint density at radius 1 is 1.35 bits per heavy atom. The second-order valence-electron chi connectivity index (χ2n) is 6.22. The van der Waals surface area contributed by atoms with Crippen LogP contribution in [-0.2, 0) is 9.53 Å². The van der Waals surface area contributed by atoms with Crippen LogP contribution in [0.3, 0.4) is 0 Å². The third-order valence-corrected chi connectivity index (χ3v) is 4.39.